The number of amides is 1. The minimum atomic E-state index is -0.597. The van der Waals surface area contributed by atoms with E-state index in [1.54, 1.807) is 18.2 Å². The van der Waals surface area contributed by atoms with Crippen molar-refractivity contribution in [1.82, 2.24) is 5.32 Å². The van der Waals surface area contributed by atoms with Crippen LogP contribution in [0.3, 0.4) is 0 Å². The van der Waals surface area contributed by atoms with E-state index in [4.69, 9.17) is 14.2 Å². The molecule has 0 unspecified atom stereocenters. The Balaban J connectivity index is 1.41. The molecule has 2 aromatic rings. The van der Waals surface area contributed by atoms with E-state index in [1.807, 2.05) is 37.3 Å². The van der Waals surface area contributed by atoms with Gasteiger partial charge >= 0.3 is 5.97 Å². The molecule has 1 aliphatic rings. The highest BCUT2D eigenvalue weighted by molar-refractivity contribution is 5.98. The lowest BCUT2D eigenvalue weighted by atomic mass is 10.1. The van der Waals surface area contributed by atoms with Gasteiger partial charge in [-0.25, -0.2) is 0 Å². The lowest BCUT2D eigenvalue weighted by molar-refractivity contribution is -0.148. The van der Waals surface area contributed by atoms with E-state index in [1.165, 1.54) is 0 Å². The molecule has 0 radical (unpaired) electrons. The third-order valence-electron chi connectivity index (χ3n) is 4.67. The summed E-state index contributed by atoms with van der Waals surface area (Å²) in [5.41, 5.74) is 1.40. The standard InChI is InChI=1S/C23H25NO6/c1-16(17-6-3-2-4-7-17)24-22(26)15-30-23(27)11-9-19(25)18-8-10-20-21(14-18)29-13-5-12-28-20/h2-4,6-8,10,14,16H,5,9,11-13,15H2,1H3,(H,24,26)/t16-/m1/s1. The van der Waals surface area contributed by atoms with Crippen LogP contribution in [-0.4, -0.2) is 37.5 Å². The van der Waals surface area contributed by atoms with E-state index in [0.29, 0.717) is 30.3 Å². The molecule has 1 atom stereocenters. The minimum absolute atomic E-state index is 0.0134. The van der Waals surface area contributed by atoms with Crippen LogP contribution in [0.1, 0.15) is 48.1 Å². The first kappa shape index (κ1) is 21.4. The van der Waals surface area contributed by atoms with E-state index in [0.717, 1.165) is 12.0 Å². The Morgan fingerprint density at radius 3 is 2.50 bits per heavy atom. The number of hydrogen-bond donors (Lipinski definition) is 1. The van der Waals surface area contributed by atoms with Crippen molar-refractivity contribution in [2.75, 3.05) is 19.8 Å². The largest absolute Gasteiger partial charge is 0.490 e. The van der Waals surface area contributed by atoms with Gasteiger partial charge in [0.1, 0.15) is 0 Å². The zero-order valence-corrected chi connectivity index (χ0v) is 16.9. The maximum absolute atomic E-state index is 12.4. The van der Waals surface area contributed by atoms with Gasteiger partial charge in [-0.2, -0.15) is 0 Å². The number of esters is 1. The highest BCUT2D eigenvalue weighted by atomic mass is 16.5. The van der Waals surface area contributed by atoms with Gasteiger partial charge in [0.05, 0.1) is 25.7 Å². The Bertz CT molecular complexity index is 896. The molecule has 158 valence electrons. The van der Waals surface area contributed by atoms with Crippen LogP contribution in [0.25, 0.3) is 0 Å². The highest BCUT2D eigenvalue weighted by Gasteiger charge is 2.16. The molecule has 3 rings (SSSR count). The number of nitrogens with one attached hydrogen (secondary N) is 1. The number of carbonyl (C=O) groups excluding carboxylic acids is 3. The fraction of sp³-hybridized carbons (Fsp3) is 0.348. The number of hydrogen-bond acceptors (Lipinski definition) is 6. The van der Waals surface area contributed by atoms with Crippen LogP contribution in [0.4, 0.5) is 0 Å². The van der Waals surface area contributed by atoms with Crippen LogP contribution in [0.5, 0.6) is 11.5 Å². The van der Waals surface area contributed by atoms with Gasteiger partial charge in [-0.3, -0.25) is 14.4 Å². The normalized spacial score (nSPS) is 13.6. The molecule has 30 heavy (non-hydrogen) atoms. The molecular weight excluding hydrogens is 386 g/mol. The average molecular weight is 411 g/mol. The molecule has 0 aliphatic carbocycles. The van der Waals surface area contributed by atoms with E-state index in [-0.39, 0.29) is 31.3 Å². The van der Waals surface area contributed by atoms with Crippen molar-refractivity contribution in [3.63, 3.8) is 0 Å². The van der Waals surface area contributed by atoms with Gasteiger partial charge in [0.25, 0.3) is 5.91 Å². The van der Waals surface area contributed by atoms with Crippen molar-refractivity contribution in [3.8, 4) is 11.5 Å². The SMILES string of the molecule is C[C@@H](NC(=O)COC(=O)CCC(=O)c1ccc2c(c1)OCCCO2)c1ccccc1. The van der Waals surface area contributed by atoms with Crippen molar-refractivity contribution in [2.24, 2.45) is 0 Å². The summed E-state index contributed by atoms with van der Waals surface area (Å²) >= 11 is 0. The van der Waals surface area contributed by atoms with Crippen molar-refractivity contribution in [3.05, 3.63) is 59.7 Å². The Morgan fingerprint density at radius 1 is 1.00 bits per heavy atom. The quantitative estimate of drug-likeness (QED) is 0.530. The van der Waals surface area contributed by atoms with Crippen molar-refractivity contribution < 1.29 is 28.6 Å². The van der Waals surface area contributed by atoms with Crippen LogP contribution < -0.4 is 14.8 Å². The summed E-state index contributed by atoms with van der Waals surface area (Å²) in [6.45, 7) is 2.57. The smallest absolute Gasteiger partial charge is 0.306 e. The first-order chi connectivity index (χ1) is 14.5. The maximum atomic E-state index is 12.4. The van der Waals surface area contributed by atoms with Gasteiger partial charge in [0.2, 0.25) is 0 Å². The summed E-state index contributed by atoms with van der Waals surface area (Å²) in [5.74, 6) is -0.0526. The first-order valence-corrected chi connectivity index (χ1v) is 9.95. The summed E-state index contributed by atoms with van der Waals surface area (Å²) in [6.07, 6.45) is 0.664. The van der Waals surface area contributed by atoms with E-state index >= 15 is 0 Å². The van der Waals surface area contributed by atoms with Crippen molar-refractivity contribution in [2.45, 2.75) is 32.2 Å². The first-order valence-electron chi connectivity index (χ1n) is 9.95. The molecule has 0 fully saturated rings. The number of Topliss-reactive ketones (excluding diaryl/α,β-unsaturated/α-hetero) is 1. The molecule has 0 saturated carbocycles. The minimum Gasteiger partial charge on any atom is -0.490 e. The van der Waals surface area contributed by atoms with Gasteiger partial charge in [0.15, 0.2) is 23.9 Å². The molecule has 2 aromatic carbocycles. The molecule has 1 amide bonds. The summed E-state index contributed by atoms with van der Waals surface area (Å²) in [7, 11) is 0. The lowest BCUT2D eigenvalue weighted by Gasteiger charge is -2.14. The number of benzene rings is 2. The van der Waals surface area contributed by atoms with Crippen molar-refractivity contribution >= 4 is 17.7 Å². The number of ether oxygens (including phenoxy) is 3. The van der Waals surface area contributed by atoms with Gasteiger partial charge in [0, 0.05) is 18.4 Å². The van der Waals surface area contributed by atoms with Gasteiger partial charge in [-0.1, -0.05) is 30.3 Å². The monoisotopic (exact) mass is 411 g/mol. The number of carbonyl (C=O) groups is 3. The van der Waals surface area contributed by atoms with E-state index in [9.17, 15) is 14.4 Å². The van der Waals surface area contributed by atoms with Crippen LogP contribution in [0.2, 0.25) is 0 Å². The predicted octanol–water partition coefficient (Wildman–Crippen LogP) is 3.23. The molecular formula is C23H25NO6. The molecule has 1 aliphatic heterocycles. The molecule has 7 nitrogen and oxygen atoms in total. The van der Waals surface area contributed by atoms with Gasteiger partial charge in [-0.05, 0) is 30.7 Å². The van der Waals surface area contributed by atoms with Crippen LogP contribution in [-0.2, 0) is 14.3 Å². The molecule has 0 spiro atoms. The lowest BCUT2D eigenvalue weighted by Crippen LogP contribution is -2.31. The van der Waals surface area contributed by atoms with Crippen LogP contribution >= 0.6 is 0 Å². The highest BCUT2D eigenvalue weighted by Crippen LogP contribution is 2.30. The molecule has 0 saturated heterocycles. The molecule has 0 aromatic heterocycles. The second-order valence-corrected chi connectivity index (χ2v) is 7.00. The Morgan fingerprint density at radius 2 is 1.73 bits per heavy atom. The van der Waals surface area contributed by atoms with Crippen LogP contribution in [0.15, 0.2) is 48.5 Å². The fourth-order valence-electron chi connectivity index (χ4n) is 3.02. The Kier molecular flexibility index (Phi) is 7.43. The number of fused-ring (bicyclic) bond motifs is 1. The summed E-state index contributed by atoms with van der Waals surface area (Å²) < 4.78 is 16.1. The van der Waals surface area contributed by atoms with Crippen molar-refractivity contribution in [1.29, 1.82) is 0 Å². The Labute approximate surface area is 175 Å². The van der Waals surface area contributed by atoms with Crippen LogP contribution in [0, 0.1) is 0 Å². The summed E-state index contributed by atoms with van der Waals surface area (Å²) in [4.78, 5) is 36.3. The topological polar surface area (TPSA) is 90.9 Å². The number of ketones is 1. The zero-order chi connectivity index (χ0) is 21.3. The van der Waals surface area contributed by atoms with E-state index < -0.39 is 11.9 Å². The molecule has 0 bridgehead atoms. The molecule has 7 heteroatoms. The number of rotatable bonds is 8. The fourth-order valence-corrected chi connectivity index (χ4v) is 3.02. The average Bonchev–Trinajstić information content (AvgIpc) is 3.01. The third kappa shape index (κ3) is 6.07. The second-order valence-electron chi connectivity index (χ2n) is 7.00. The second kappa shape index (κ2) is 10.4. The third-order valence-corrected chi connectivity index (χ3v) is 4.67. The van der Waals surface area contributed by atoms with Gasteiger partial charge in [-0.15, -0.1) is 0 Å². The molecule has 1 heterocycles. The summed E-state index contributed by atoms with van der Waals surface area (Å²) in [6, 6.07) is 14.3. The maximum Gasteiger partial charge on any atom is 0.306 e. The summed E-state index contributed by atoms with van der Waals surface area (Å²) in [5, 5.41) is 2.77. The van der Waals surface area contributed by atoms with E-state index in [2.05, 4.69) is 5.32 Å². The molecule has 1 N–H and O–H groups in total. The zero-order valence-electron chi connectivity index (χ0n) is 16.9. The Hall–Kier alpha value is -3.35. The predicted molar refractivity (Wildman–Crippen MR) is 110 cm³/mol. The van der Waals surface area contributed by atoms with Gasteiger partial charge < -0.3 is 19.5 Å².